The van der Waals surface area contributed by atoms with Crippen LogP contribution in [-0.4, -0.2) is 39.2 Å². The smallest absolute Gasteiger partial charge is 0.244 e. The Kier molecular flexibility index (Phi) is 5.33. The molecule has 7 heteroatoms. The Bertz CT molecular complexity index is 527. The number of ether oxygens (including phenoxy) is 1. The summed E-state index contributed by atoms with van der Waals surface area (Å²) in [5, 5.41) is 3.05. The van der Waals surface area contributed by atoms with Crippen molar-refractivity contribution in [3.63, 3.8) is 0 Å². The second kappa shape index (κ2) is 7.01. The van der Waals surface area contributed by atoms with Crippen LogP contribution in [0.25, 0.3) is 0 Å². The van der Waals surface area contributed by atoms with E-state index in [2.05, 4.69) is 15.0 Å². The van der Waals surface area contributed by atoms with E-state index in [0.717, 1.165) is 6.42 Å². The molecular weight excluding hydrogens is 278 g/mol. The predicted octanol–water partition coefficient (Wildman–Crippen LogP) is 1.36. The van der Waals surface area contributed by atoms with Gasteiger partial charge in [-0.3, -0.25) is 0 Å². The Labute approximate surface area is 120 Å². The van der Waals surface area contributed by atoms with Crippen LogP contribution < -0.4 is 10.0 Å². The van der Waals surface area contributed by atoms with Gasteiger partial charge < -0.3 is 10.1 Å². The lowest BCUT2D eigenvalue weighted by Crippen LogP contribution is -2.39. The molecule has 1 aromatic rings. The van der Waals surface area contributed by atoms with E-state index >= 15 is 0 Å². The third-order valence-electron chi connectivity index (χ3n) is 3.15. The van der Waals surface area contributed by atoms with Gasteiger partial charge in [0.25, 0.3) is 0 Å². The van der Waals surface area contributed by atoms with Crippen molar-refractivity contribution in [2.24, 2.45) is 0 Å². The first kappa shape index (κ1) is 15.2. The zero-order valence-electron chi connectivity index (χ0n) is 11.6. The van der Waals surface area contributed by atoms with Crippen molar-refractivity contribution >= 4 is 15.8 Å². The fourth-order valence-corrected chi connectivity index (χ4v) is 3.52. The molecule has 2 rings (SSSR count). The van der Waals surface area contributed by atoms with E-state index in [1.807, 2.05) is 6.92 Å². The van der Waals surface area contributed by atoms with E-state index in [1.165, 1.54) is 0 Å². The number of rotatable bonds is 6. The maximum Gasteiger partial charge on any atom is 0.244 e. The Balaban J connectivity index is 2.15. The first-order valence-electron chi connectivity index (χ1n) is 6.92. The van der Waals surface area contributed by atoms with Gasteiger partial charge in [0.05, 0.1) is 0 Å². The highest BCUT2D eigenvalue weighted by atomic mass is 32.2. The van der Waals surface area contributed by atoms with Gasteiger partial charge >= 0.3 is 0 Å². The van der Waals surface area contributed by atoms with Gasteiger partial charge in [-0.2, -0.15) is 0 Å². The number of nitrogens with one attached hydrogen (secondary N) is 2. The molecule has 2 N–H and O–H groups in total. The molecule has 1 aliphatic heterocycles. The highest BCUT2D eigenvalue weighted by molar-refractivity contribution is 7.89. The predicted molar refractivity (Wildman–Crippen MR) is 77.2 cm³/mol. The van der Waals surface area contributed by atoms with Gasteiger partial charge in [0, 0.05) is 32.0 Å². The van der Waals surface area contributed by atoms with Gasteiger partial charge in [-0.1, -0.05) is 6.92 Å². The minimum absolute atomic E-state index is 0.0621. The molecule has 0 spiro atoms. The maximum atomic E-state index is 12.5. The summed E-state index contributed by atoms with van der Waals surface area (Å²) in [6, 6.07) is 3.15. The summed E-state index contributed by atoms with van der Waals surface area (Å²) in [5.41, 5.74) is 0. The first-order valence-corrected chi connectivity index (χ1v) is 8.41. The van der Waals surface area contributed by atoms with E-state index in [9.17, 15) is 8.42 Å². The van der Waals surface area contributed by atoms with Crippen molar-refractivity contribution in [1.29, 1.82) is 0 Å². The molecule has 0 unspecified atom stereocenters. The molecule has 0 radical (unpaired) electrons. The van der Waals surface area contributed by atoms with E-state index in [4.69, 9.17) is 4.74 Å². The van der Waals surface area contributed by atoms with Crippen LogP contribution in [0.2, 0.25) is 0 Å². The number of hydrogen-bond acceptors (Lipinski definition) is 5. The molecule has 20 heavy (non-hydrogen) atoms. The molecule has 0 saturated carbocycles. The molecule has 0 amide bonds. The lowest BCUT2D eigenvalue weighted by atomic mass is 10.1. The van der Waals surface area contributed by atoms with Crippen molar-refractivity contribution < 1.29 is 13.2 Å². The number of anilines is 1. The normalized spacial score (nSPS) is 17.1. The van der Waals surface area contributed by atoms with E-state index < -0.39 is 10.0 Å². The van der Waals surface area contributed by atoms with E-state index in [0.29, 0.717) is 38.4 Å². The van der Waals surface area contributed by atoms with Crippen LogP contribution >= 0.6 is 0 Å². The van der Waals surface area contributed by atoms with E-state index in [1.54, 1.807) is 18.3 Å². The average Bonchev–Trinajstić information content (AvgIpc) is 2.46. The molecule has 1 aliphatic rings. The Morgan fingerprint density at radius 3 is 2.85 bits per heavy atom. The molecule has 1 fully saturated rings. The number of nitrogens with zero attached hydrogens (tertiary/aromatic N) is 1. The Hall–Kier alpha value is -1.18. The largest absolute Gasteiger partial charge is 0.381 e. The molecule has 0 atom stereocenters. The van der Waals surface area contributed by atoms with Crippen molar-refractivity contribution in [2.45, 2.75) is 37.1 Å². The third kappa shape index (κ3) is 3.91. The SMILES string of the molecule is CCCNc1ncccc1S(=O)(=O)NC1CCOCC1. The van der Waals surface area contributed by atoms with Gasteiger partial charge in [0.15, 0.2) is 0 Å². The maximum absolute atomic E-state index is 12.5. The van der Waals surface area contributed by atoms with Gasteiger partial charge in [-0.05, 0) is 31.4 Å². The molecule has 2 heterocycles. The summed E-state index contributed by atoms with van der Waals surface area (Å²) in [7, 11) is -3.55. The van der Waals surface area contributed by atoms with Crippen LogP contribution in [0.5, 0.6) is 0 Å². The number of pyridine rings is 1. The molecular formula is C13H21N3O3S. The summed E-state index contributed by atoms with van der Waals surface area (Å²) in [4.78, 5) is 4.33. The summed E-state index contributed by atoms with van der Waals surface area (Å²) in [5.74, 6) is 0.411. The molecule has 0 aromatic carbocycles. The number of aromatic nitrogens is 1. The molecule has 1 saturated heterocycles. The lowest BCUT2D eigenvalue weighted by Gasteiger charge is -2.23. The minimum atomic E-state index is -3.55. The topological polar surface area (TPSA) is 80.3 Å². The number of sulfonamides is 1. The van der Waals surface area contributed by atoms with Crippen molar-refractivity contribution in [1.82, 2.24) is 9.71 Å². The minimum Gasteiger partial charge on any atom is -0.381 e. The molecule has 1 aromatic heterocycles. The van der Waals surface area contributed by atoms with Crippen LogP contribution in [0.15, 0.2) is 23.2 Å². The zero-order chi connectivity index (χ0) is 14.4. The molecule has 0 bridgehead atoms. The Morgan fingerprint density at radius 2 is 2.15 bits per heavy atom. The third-order valence-corrected chi connectivity index (χ3v) is 4.70. The number of hydrogen-bond donors (Lipinski definition) is 2. The monoisotopic (exact) mass is 299 g/mol. The van der Waals surface area contributed by atoms with Crippen molar-refractivity contribution in [3.8, 4) is 0 Å². The molecule has 6 nitrogen and oxygen atoms in total. The average molecular weight is 299 g/mol. The van der Waals surface area contributed by atoms with Crippen molar-refractivity contribution in [2.75, 3.05) is 25.1 Å². The quantitative estimate of drug-likeness (QED) is 0.829. The van der Waals surface area contributed by atoms with Gasteiger partial charge in [0.1, 0.15) is 10.7 Å². The molecule has 112 valence electrons. The van der Waals surface area contributed by atoms with Gasteiger partial charge in [0.2, 0.25) is 10.0 Å². The van der Waals surface area contributed by atoms with Crippen molar-refractivity contribution in [3.05, 3.63) is 18.3 Å². The highest BCUT2D eigenvalue weighted by Crippen LogP contribution is 2.19. The van der Waals surface area contributed by atoms with Crippen LogP contribution in [0.4, 0.5) is 5.82 Å². The summed E-state index contributed by atoms with van der Waals surface area (Å²) >= 11 is 0. The summed E-state index contributed by atoms with van der Waals surface area (Å²) in [6.07, 6.45) is 3.91. The summed E-state index contributed by atoms with van der Waals surface area (Å²) < 4.78 is 32.9. The second-order valence-corrected chi connectivity index (χ2v) is 6.47. The lowest BCUT2D eigenvalue weighted by molar-refractivity contribution is 0.0832. The second-order valence-electron chi connectivity index (χ2n) is 4.78. The molecule has 0 aliphatic carbocycles. The summed E-state index contributed by atoms with van der Waals surface area (Å²) in [6.45, 7) is 3.91. The van der Waals surface area contributed by atoms with Gasteiger partial charge in [-0.15, -0.1) is 0 Å². The van der Waals surface area contributed by atoms with E-state index in [-0.39, 0.29) is 10.9 Å². The van der Waals surface area contributed by atoms with Crippen LogP contribution in [0.1, 0.15) is 26.2 Å². The van der Waals surface area contributed by atoms with Gasteiger partial charge in [-0.25, -0.2) is 18.1 Å². The van der Waals surface area contributed by atoms with Crippen LogP contribution in [0, 0.1) is 0 Å². The highest BCUT2D eigenvalue weighted by Gasteiger charge is 2.24. The fraction of sp³-hybridized carbons (Fsp3) is 0.615. The standard InChI is InChI=1S/C13H21N3O3S/c1-2-7-14-13-12(4-3-8-15-13)20(17,18)16-11-5-9-19-10-6-11/h3-4,8,11,16H,2,5-7,9-10H2,1H3,(H,14,15). The van der Waals surface area contributed by atoms with Crippen LogP contribution in [-0.2, 0) is 14.8 Å². The first-order chi connectivity index (χ1) is 9.63. The van der Waals surface area contributed by atoms with Crippen LogP contribution in [0.3, 0.4) is 0 Å². The fourth-order valence-electron chi connectivity index (χ4n) is 2.08. The Morgan fingerprint density at radius 1 is 1.40 bits per heavy atom. The zero-order valence-corrected chi connectivity index (χ0v) is 12.4.